The fourth-order valence-electron chi connectivity index (χ4n) is 5.13. The molecule has 0 saturated carbocycles. The maximum absolute atomic E-state index is 13.9. The van der Waals surface area contributed by atoms with Gasteiger partial charge in [-0.1, -0.05) is 79.7 Å². The van der Waals surface area contributed by atoms with E-state index in [0.717, 1.165) is 22.3 Å². The molecule has 0 fully saturated rings. The second-order valence-electron chi connectivity index (χ2n) is 10.4. The van der Waals surface area contributed by atoms with Crippen molar-refractivity contribution in [2.45, 2.75) is 45.4 Å². The molecule has 0 aromatic heterocycles. The van der Waals surface area contributed by atoms with E-state index in [1.165, 1.54) is 0 Å². The lowest BCUT2D eigenvalue weighted by atomic mass is 9.94. The monoisotopic (exact) mass is 514 g/mol. The second-order valence-corrected chi connectivity index (χ2v) is 10.4. The van der Waals surface area contributed by atoms with Crippen molar-refractivity contribution in [3.8, 4) is 11.1 Å². The molecule has 0 aliphatic carbocycles. The minimum absolute atomic E-state index is 0.0192. The van der Waals surface area contributed by atoms with Crippen molar-refractivity contribution in [1.82, 2.24) is 9.80 Å². The van der Waals surface area contributed by atoms with Crippen LogP contribution in [0, 0.1) is 5.92 Å². The van der Waals surface area contributed by atoms with Gasteiger partial charge < -0.3 is 19.6 Å². The molecule has 0 unspecified atom stereocenters. The number of benzene rings is 3. The van der Waals surface area contributed by atoms with Gasteiger partial charge in [-0.15, -0.1) is 0 Å². The minimum atomic E-state index is -0.368. The van der Waals surface area contributed by atoms with E-state index in [1.807, 2.05) is 107 Å². The number of aliphatic hydroxyl groups is 1. The van der Waals surface area contributed by atoms with Crippen LogP contribution in [0.3, 0.4) is 0 Å². The van der Waals surface area contributed by atoms with Crippen LogP contribution in [0.1, 0.15) is 48.2 Å². The third-order valence-corrected chi connectivity index (χ3v) is 7.59. The topological polar surface area (TPSA) is 70.1 Å². The highest BCUT2D eigenvalue weighted by atomic mass is 16.5. The van der Waals surface area contributed by atoms with E-state index in [4.69, 9.17) is 4.74 Å². The molecule has 0 spiro atoms. The zero-order valence-electron chi connectivity index (χ0n) is 22.7. The number of fused-ring (bicyclic) bond motifs is 3. The van der Waals surface area contributed by atoms with Crippen LogP contribution in [0.2, 0.25) is 0 Å². The molecule has 1 N–H and O–H groups in total. The fourth-order valence-corrected chi connectivity index (χ4v) is 5.13. The number of hydrogen-bond donors (Lipinski definition) is 1. The van der Waals surface area contributed by atoms with Gasteiger partial charge >= 0.3 is 0 Å². The molecule has 4 atom stereocenters. The summed E-state index contributed by atoms with van der Waals surface area (Å²) in [4.78, 5) is 30.7. The first-order chi connectivity index (χ1) is 18.3. The smallest absolute Gasteiger partial charge is 0.254 e. The van der Waals surface area contributed by atoms with E-state index in [9.17, 15) is 14.7 Å². The average molecular weight is 515 g/mol. The molecule has 3 aromatic rings. The first-order valence-electron chi connectivity index (χ1n) is 13.3. The van der Waals surface area contributed by atoms with E-state index in [2.05, 4.69) is 0 Å². The molecular formula is C32H38N2O4. The highest BCUT2D eigenvalue weighted by molar-refractivity contribution is 6.01. The molecule has 1 heterocycles. The van der Waals surface area contributed by atoms with Crippen molar-refractivity contribution in [3.05, 3.63) is 95.6 Å². The Morgan fingerprint density at radius 2 is 1.58 bits per heavy atom. The molecule has 3 aromatic carbocycles. The highest BCUT2D eigenvalue weighted by Crippen LogP contribution is 2.31. The van der Waals surface area contributed by atoms with Gasteiger partial charge in [-0.3, -0.25) is 9.59 Å². The molecule has 1 aliphatic heterocycles. The molecule has 6 nitrogen and oxygen atoms in total. The van der Waals surface area contributed by atoms with Crippen molar-refractivity contribution in [3.63, 3.8) is 0 Å². The molecule has 4 rings (SSSR count). The zero-order chi connectivity index (χ0) is 27.2. The van der Waals surface area contributed by atoms with Gasteiger partial charge in [0.2, 0.25) is 5.91 Å². The number of amides is 2. The van der Waals surface area contributed by atoms with Gasteiger partial charge in [-0.05, 0) is 42.2 Å². The Kier molecular flexibility index (Phi) is 8.97. The molecule has 6 heteroatoms. The maximum Gasteiger partial charge on any atom is 0.254 e. The predicted octanol–water partition coefficient (Wildman–Crippen LogP) is 4.97. The zero-order valence-corrected chi connectivity index (χ0v) is 22.7. The summed E-state index contributed by atoms with van der Waals surface area (Å²) in [5, 5.41) is 10.0. The van der Waals surface area contributed by atoms with Crippen LogP contribution in [0.25, 0.3) is 11.1 Å². The molecule has 38 heavy (non-hydrogen) atoms. The first kappa shape index (κ1) is 27.6. The van der Waals surface area contributed by atoms with Crippen LogP contribution < -0.4 is 0 Å². The van der Waals surface area contributed by atoms with Crippen LogP contribution >= 0.6 is 0 Å². The van der Waals surface area contributed by atoms with E-state index in [1.54, 1.807) is 9.80 Å². The quantitative estimate of drug-likeness (QED) is 0.504. The van der Waals surface area contributed by atoms with E-state index < -0.39 is 0 Å². The van der Waals surface area contributed by atoms with Gasteiger partial charge in [0, 0.05) is 31.6 Å². The predicted molar refractivity (Wildman–Crippen MR) is 150 cm³/mol. The normalized spacial score (nSPS) is 19.5. The van der Waals surface area contributed by atoms with E-state index in [0.29, 0.717) is 25.3 Å². The standard InChI is InChI=1S/C32H38N2O4/c1-22-18-34(23(2)20-35)32(37)29-17-11-10-16-28(29)27-15-9-8-14-26(27)21-38-30(22)19-33(4)31(36)24(3)25-12-6-5-7-13-25/h5-17,22-24,30,35H,18-21H2,1-4H3/t22-,23+,24-,30+/m0/s1. The van der Waals surface area contributed by atoms with Gasteiger partial charge in [0.1, 0.15) is 0 Å². The number of hydrogen-bond acceptors (Lipinski definition) is 4. The van der Waals surface area contributed by atoms with Crippen LogP contribution in [0.15, 0.2) is 78.9 Å². The molecule has 0 radical (unpaired) electrons. The Balaban J connectivity index is 1.67. The van der Waals surface area contributed by atoms with Crippen molar-refractivity contribution >= 4 is 11.8 Å². The molecule has 200 valence electrons. The summed E-state index contributed by atoms with van der Waals surface area (Å²) < 4.78 is 6.54. The number of aliphatic hydroxyl groups excluding tert-OH is 1. The summed E-state index contributed by atoms with van der Waals surface area (Å²) in [6, 6.07) is 25.0. The van der Waals surface area contributed by atoms with Crippen molar-refractivity contribution in [2.75, 3.05) is 26.7 Å². The Bertz CT molecular complexity index is 1240. The number of nitrogens with zero attached hydrogens (tertiary/aromatic N) is 2. The average Bonchev–Trinajstić information content (AvgIpc) is 2.97. The lowest BCUT2D eigenvalue weighted by Gasteiger charge is -2.35. The SMILES string of the molecule is C[C@H](C(=O)N(C)C[C@H]1OCc2ccccc2-c2ccccc2C(=O)N([C@H](C)CO)C[C@@H]1C)c1ccccc1. The van der Waals surface area contributed by atoms with Crippen LogP contribution in [0.5, 0.6) is 0 Å². The largest absolute Gasteiger partial charge is 0.394 e. The van der Waals surface area contributed by atoms with Crippen LogP contribution in [-0.4, -0.2) is 65.6 Å². The maximum atomic E-state index is 13.9. The lowest BCUT2D eigenvalue weighted by Crippen LogP contribution is -2.48. The molecule has 0 bridgehead atoms. The number of rotatable bonds is 6. The van der Waals surface area contributed by atoms with Gasteiger partial charge in [0.15, 0.2) is 0 Å². The number of carbonyl (C=O) groups excluding carboxylic acids is 2. The van der Waals surface area contributed by atoms with Gasteiger partial charge in [0.25, 0.3) is 5.91 Å². The third kappa shape index (κ3) is 5.98. The van der Waals surface area contributed by atoms with E-state index in [-0.39, 0.29) is 42.4 Å². The lowest BCUT2D eigenvalue weighted by molar-refractivity contribution is -0.134. The summed E-state index contributed by atoms with van der Waals surface area (Å²) in [6.45, 7) is 6.83. The summed E-state index contributed by atoms with van der Waals surface area (Å²) in [5.74, 6) is -0.466. The highest BCUT2D eigenvalue weighted by Gasteiger charge is 2.32. The summed E-state index contributed by atoms with van der Waals surface area (Å²) in [5.41, 5.74) is 4.36. The second kappa shape index (κ2) is 12.4. The van der Waals surface area contributed by atoms with E-state index >= 15 is 0 Å². The number of carbonyl (C=O) groups is 2. The first-order valence-corrected chi connectivity index (χ1v) is 13.3. The molecule has 2 amide bonds. The Morgan fingerprint density at radius 1 is 0.974 bits per heavy atom. The minimum Gasteiger partial charge on any atom is -0.394 e. The molecule has 0 saturated heterocycles. The van der Waals surface area contributed by atoms with Crippen LogP contribution in [-0.2, 0) is 16.1 Å². The van der Waals surface area contributed by atoms with Crippen LogP contribution in [0.4, 0.5) is 0 Å². The van der Waals surface area contributed by atoms with Gasteiger partial charge in [0.05, 0.1) is 31.3 Å². The number of ether oxygens (including phenoxy) is 1. The Labute approximate surface area is 225 Å². The van der Waals surface area contributed by atoms with Crippen molar-refractivity contribution in [1.29, 1.82) is 0 Å². The Hall–Kier alpha value is -3.48. The molecular weight excluding hydrogens is 476 g/mol. The van der Waals surface area contributed by atoms with Crippen molar-refractivity contribution in [2.24, 2.45) is 5.92 Å². The molecule has 1 aliphatic rings. The van der Waals surface area contributed by atoms with Crippen molar-refractivity contribution < 1.29 is 19.4 Å². The van der Waals surface area contributed by atoms with Gasteiger partial charge in [-0.2, -0.15) is 0 Å². The summed E-state index contributed by atoms with van der Waals surface area (Å²) in [7, 11) is 1.81. The Morgan fingerprint density at radius 3 is 2.26 bits per heavy atom. The summed E-state index contributed by atoms with van der Waals surface area (Å²) in [6.07, 6.45) is -0.317. The van der Waals surface area contributed by atoms with Gasteiger partial charge in [-0.25, -0.2) is 0 Å². The fraction of sp³-hybridized carbons (Fsp3) is 0.375. The summed E-state index contributed by atoms with van der Waals surface area (Å²) >= 11 is 0. The third-order valence-electron chi connectivity index (χ3n) is 7.59. The number of likely N-dealkylation sites (N-methyl/N-ethyl adjacent to an activating group) is 1.